The van der Waals surface area contributed by atoms with Crippen LogP contribution in [0, 0.1) is 0 Å². The van der Waals surface area contributed by atoms with Crippen LogP contribution in [0.4, 0.5) is 11.4 Å². The molecule has 0 spiro atoms. The van der Waals surface area contributed by atoms with Crippen LogP contribution in [0.2, 0.25) is 0 Å². The average Bonchev–Trinajstić information content (AvgIpc) is 3.35. The molecule has 2 aromatic carbocycles. The van der Waals surface area contributed by atoms with E-state index in [4.69, 9.17) is 0 Å². The van der Waals surface area contributed by atoms with Gasteiger partial charge in [0.15, 0.2) is 0 Å². The van der Waals surface area contributed by atoms with Crippen LogP contribution < -0.4 is 20.4 Å². The van der Waals surface area contributed by atoms with E-state index in [2.05, 4.69) is 34.1 Å². The number of benzene rings is 2. The fourth-order valence-corrected chi connectivity index (χ4v) is 4.84. The molecule has 2 fully saturated rings. The summed E-state index contributed by atoms with van der Waals surface area (Å²) in [6.45, 7) is 4.57. The van der Waals surface area contributed by atoms with Crippen molar-refractivity contribution in [2.24, 2.45) is 0 Å². The number of hydrogen-bond acceptors (Lipinski definition) is 3. The molecule has 4 rings (SSSR count). The largest absolute Gasteiger partial charge is 0.372 e. The van der Waals surface area contributed by atoms with Crippen molar-refractivity contribution in [3.8, 4) is 0 Å². The van der Waals surface area contributed by atoms with Gasteiger partial charge in [-0.15, -0.1) is 0 Å². The van der Waals surface area contributed by atoms with Gasteiger partial charge in [-0.1, -0.05) is 0 Å². The lowest BCUT2D eigenvalue weighted by molar-refractivity contribution is 0.598. The molecule has 0 N–H and O–H groups in total. The number of anilines is 2. The second-order valence-corrected chi connectivity index (χ2v) is 8.34. The summed E-state index contributed by atoms with van der Waals surface area (Å²) in [5.41, 5.74) is 2.51. The van der Waals surface area contributed by atoms with E-state index in [-0.39, 0.29) is 0 Å². The van der Waals surface area contributed by atoms with Crippen LogP contribution in [0.1, 0.15) is 25.7 Å². The molecule has 2 heterocycles. The lowest BCUT2D eigenvalue weighted by Gasteiger charge is -2.18. The molecule has 2 aliphatic heterocycles. The standard InChI is InChI=1S/C20H24N2OP/c23-24(19-9-5-17(6-10-19)21-13-1-2-14-21)20-11-7-18(8-12-20)22-15-3-4-16-22/h5-12H,1-4,13-16H2. The molecule has 125 valence electrons. The summed E-state index contributed by atoms with van der Waals surface area (Å²) in [4.78, 5) is 4.81. The predicted octanol–water partition coefficient (Wildman–Crippen LogP) is 3.67. The maximum absolute atomic E-state index is 12.8. The molecule has 0 amide bonds. The molecule has 0 saturated carbocycles. The van der Waals surface area contributed by atoms with Gasteiger partial charge in [0, 0.05) is 48.2 Å². The molecule has 0 aromatic heterocycles. The maximum atomic E-state index is 12.8. The van der Waals surface area contributed by atoms with Gasteiger partial charge in [-0.05, 0) is 74.2 Å². The van der Waals surface area contributed by atoms with E-state index in [9.17, 15) is 4.57 Å². The Kier molecular flexibility index (Phi) is 4.53. The molecule has 0 unspecified atom stereocenters. The number of hydrogen-bond donors (Lipinski definition) is 0. The quantitative estimate of drug-likeness (QED) is 0.794. The zero-order valence-corrected chi connectivity index (χ0v) is 14.9. The average molecular weight is 339 g/mol. The molecular formula is C20H24N2OP. The van der Waals surface area contributed by atoms with Crippen molar-refractivity contribution in [2.45, 2.75) is 25.7 Å². The molecule has 0 bridgehead atoms. The second-order valence-electron chi connectivity index (χ2n) is 6.72. The highest BCUT2D eigenvalue weighted by molar-refractivity contribution is 7.61. The summed E-state index contributed by atoms with van der Waals surface area (Å²) in [5, 5.41) is 1.84. The first-order chi connectivity index (χ1) is 11.8. The van der Waals surface area contributed by atoms with Crippen molar-refractivity contribution < 1.29 is 4.57 Å². The fraction of sp³-hybridized carbons (Fsp3) is 0.400. The summed E-state index contributed by atoms with van der Waals surface area (Å²) in [6, 6.07) is 16.6. The highest BCUT2D eigenvalue weighted by atomic mass is 31.1. The smallest absolute Gasteiger partial charge is 0.136 e. The first-order valence-electron chi connectivity index (χ1n) is 8.98. The molecule has 4 heteroatoms. The first-order valence-corrected chi connectivity index (χ1v) is 10.2. The van der Waals surface area contributed by atoms with Crippen molar-refractivity contribution in [3.05, 3.63) is 48.5 Å². The van der Waals surface area contributed by atoms with Gasteiger partial charge in [0.1, 0.15) is 7.80 Å². The van der Waals surface area contributed by atoms with Crippen molar-refractivity contribution in [1.82, 2.24) is 0 Å². The van der Waals surface area contributed by atoms with E-state index in [1.54, 1.807) is 0 Å². The Labute approximate surface area is 145 Å². The van der Waals surface area contributed by atoms with Gasteiger partial charge in [0.2, 0.25) is 0 Å². The van der Waals surface area contributed by atoms with E-state index in [0.717, 1.165) is 36.8 Å². The molecule has 1 radical (unpaired) electrons. The zero-order chi connectivity index (χ0) is 16.4. The molecule has 0 aliphatic carbocycles. The second kappa shape index (κ2) is 6.94. The van der Waals surface area contributed by atoms with Crippen LogP contribution in [0.25, 0.3) is 0 Å². The SMILES string of the molecule is O=[P](c1ccc(N2CCCC2)cc1)c1ccc(N2CCCC2)cc1. The van der Waals surface area contributed by atoms with Gasteiger partial charge in [-0.2, -0.15) is 0 Å². The Morgan fingerprint density at radius 3 is 1.25 bits per heavy atom. The van der Waals surface area contributed by atoms with Crippen molar-refractivity contribution >= 4 is 29.8 Å². The third-order valence-electron chi connectivity index (χ3n) is 5.11. The molecule has 24 heavy (non-hydrogen) atoms. The molecule has 3 nitrogen and oxygen atoms in total. The molecule has 2 saturated heterocycles. The summed E-state index contributed by atoms with van der Waals surface area (Å²) < 4.78 is 12.8. The number of nitrogens with zero attached hydrogens (tertiary/aromatic N) is 2. The minimum Gasteiger partial charge on any atom is -0.372 e. The lowest BCUT2D eigenvalue weighted by Crippen LogP contribution is -2.18. The van der Waals surface area contributed by atoms with Crippen LogP contribution >= 0.6 is 7.80 Å². The Morgan fingerprint density at radius 1 is 0.583 bits per heavy atom. The highest BCUT2D eigenvalue weighted by Gasteiger charge is 2.15. The van der Waals surface area contributed by atoms with Gasteiger partial charge >= 0.3 is 0 Å². The minimum atomic E-state index is -1.51. The van der Waals surface area contributed by atoms with Gasteiger partial charge in [-0.3, -0.25) is 4.57 Å². The predicted molar refractivity (Wildman–Crippen MR) is 103 cm³/mol. The summed E-state index contributed by atoms with van der Waals surface area (Å²) in [7, 11) is -1.51. The van der Waals surface area contributed by atoms with Crippen LogP contribution in [0.5, 0.6) is 0 Å². The van der Waals surface area contributed by atoms with Crippen LogP contribution in [0.15, 0.2) is 48.5 Å². The topological polar surface area (TPSA) is 23.6 Å². The molecule has 2 aliphatic rings. The number of rotatable bonds is 4. The summed E-state index contributed by atoms with van der Waals surface area (Å²) in [6.07, 6.45) is 5.11. The van der Waals surface area contributed by atoms with E-state index < -0.39 is 7.80 Å². The fourth-order valence-electron chi connectivity index (χ4n) is 3.70. The first kappa shape index (κ1) is 15.7. The molecule has 2 aromatic rings. The molecular weight excluding hydrogens is 315 g/mol. The van der Waals surface area contributed by atoms with Crippen LogP contribution in [-0.4, -0.2) is 26.2 Å². The lowest BCUT2D eigenvalue weighted by atomic mass is 10.3. The van der Waals surface area contributed by atoms with Crippen molar-refractivity contribution in [1.29, 1.82) is 0 Å². The van der Waals surface area contributed by atoms with Crippen molar-refractivity contribution in [3.63, 3.8) is 0 Å². The third-order valence-corrected chi connectivity index (χ3v) is 6.65. The van der Waals surface area contributed by atoms with Crippen molar-refractivity contribution in [2.75, 3.05) is 36.0 Å². The Bertz CT molecular complexity index is 638. The van der Waals surface area contributed by atoms with Gasteiger partial charge in [0.05, 0.1) is 0 Å². The Balaban J connectivity index is 1.48. The minimum absolute atomic E-state index is 0.918. The Hall–Kier alpha value is -1.86. The van der Waals surface area contributed by atoms with E-state index >= 15 is 0 Å². The van der Waals surface area contributed by atoms with E-state index in [0.29, 0.717) is 0 Å². The Morgan fingerprint density at radius 2 is 0.917 bits per heavy atom. The van der Waals surface area contributed by atoms with E-state index in [1.165, 1.54) is 37.1 Å². The van der Waals surface area contributed by atoms with Gasteiger partial charge < -0.3 is 9.80 Å². The van der Waals surface area contributed by atoms with Gasteiger partial charge in [-0.25, -0.2) is 0 Å². The maximum Gasteiger partial charge on any atom is 0.136 e. The van der Waals surface area contributed by atoms with Gasteiger partial charge in [0.25, 0.3) is 0 Å². The molecule has 0 atom stereocenters. The summed E-state index contributed by atoms with van der Waals surface area (Å²) >= 11 is 0. The zero-order valence-electron chi connectivity index (χ0n) is 14.0. The third kappa shape index (κ3) is 3.18. The highest BCUT2D eigenvalue weighted by Crippen LogP contribution is 2.26. The van der Waals surface area contributed by atoms with Crippen LogP contribution in [-0.2, 0) is 4.57 Å². The summed E-state index contributed by atoms with van der Waals surface area (Å²) in [5.74, 6) is 0. The van der Waals surface area contributed by atoms with E-state index in [1.807, 2.05) is 24.3 Å². The normalized spacial score (nSPS) is 17.5. The monoisotopic (exact) mass is 339 g/mol. The van der Waals surface area contributed by atoms with Crippen LogP contribution in [0.3, 0.4) is 0 Å².